The Balaban J connectivity index is 2.93. The molecule has 0 fully saturated rings. The molecule has 0 atom stereocenters. The van der Waals surface area contributed by atoms with Crippen molar-refractivity contribution in [3.05, 3.63) is 29.6 Å². The van der Waals surface area contributed by atoms with Gasteiger partial charge in [-0.15, -0.1) is 0 Å². The van der Waals surface area contributed by atoms with Gasteiger partial charge in [-0.25, -0.2) is 4.39 Å². The number of rotatable bonds is 6. The fourth-order valence-corrected chi connectivity index (χ4v) is 1.81. The van der Waals surface area contributed by atoms with Crippen LogP contribution in [0.4, 0.5) is 10.1 Å². The van der Waals surface area contributed by atoms with Crippen LogP contribution in [-0.2, 0) is 11.3 Å². The van der Waals surface area contributed by atoms with Crippen LogP contribution in [0.1, 0.15) is 12.5 Å². The molecule has 1 aromatic carbocycles. The molecule has 0 aliphatic heterocycles. The predicted octanol–water partition coefficient (Wildman–Crippen LogP) is 1.46. The summed E-state index contributed by atoms with van der Waals surface area (Å²) in [4.78, 5) is 14.9. The standard InChI is InChI=1S/C14H22FN3O/c1-5-16-9-11-7-6-8-12(15)14(11)18(4)10-13(19)17(2)3/h6-8,16H,5,9-10H2,1-4H3. The summed E-state index contributed by atoms with van der Waals surface area (Å²) >= 11 is 0. The van der Waals surface area contributed by atoms with Gasteiger partial charge in [-0.2, -0.15) is 0 Å². The van der Waals surface area contributed by atoms with Crippen molar-refractivity contribution < 1.29 is 9.18 Å². The number of nitrogens with zero attached hydrogens (tertiary/aromatic N) is 2. The molecule has 0 aliphatic carbocycles. The van der Waals surface area contributed by atoms with E-state index in [2.05, 4.69) is 5.32 Å². The van der Waals surface area contributed by atoms with Crippen LogP contribution < -0.4 is 10.2 Å². The molecule has 0 spiro atoms. The first-order valence-corrected chi connectivity index (χ1v) is 6.36. The Morgan fingerprint density at radius 1 is 1.32 bits per heavy atom. The summed E-state index contributed by atoms with van der Waals surface area (Å²) in [7, 11) is 5.11. The highest BCUT2D eigenvalue weighted by Gasteiger charge is 2.16. The second kappa shape index (κ2) is 7.09. The minimum absolute atomic E-state index is 0.0554. The molecule has 1 rings (SSSR count). The van der Waals surface area contributed by atoms with Gasteiger partial charge in [0.25, 0.3) is 0 Å². The third-order valence-electron chi connectivity index (χ3n) is 2.89. The van der Waals surface area contributed by atoms with Crippen molar-refractivity contribution in [1.29, 1.82) is 0 Å². The maximum absolute atomic E-state index is 14.0. The molecule has 1 aromatic rings. The van der Waals surface area contributed by atoms with Crippen molar-refractivity contribution in [2.45, 2.75) is 13.5 Å². The van der Waals surface area contributed by atoms with E-state index in [9.17, 15) is 9.18 Å². The molecule has 19 heavy (non-hydrogen) atoms. The Kier molecular flexibility index (Phi) is 5.76. The average Bonchev–Trinajstić information content (AvgIpc) is 2.35. The van der Waals surface area contributed by atoms with E-state index >= 15 is 0 Å². The van der Waals surface area contributed by atoms with E-state index in [1.165, 1.54) is 11.0 Å². The maximum Gasteiger partial charge on any atom is 0.241 e. The lowest BCUT2D eigenvalue weighted by molar-refractivity contribution is -0.127. The molecule has 0 aliphatic rings. The van der Waals surface area contributed by atoms with Gasteiger partial charge in [0.05, 0.1) is 12.2 Å². The first kappa shape index (κ1) is 15.4. The largest absolute Gasteiger partial charge is 0.363 e. The summed E-state index contributed by atoms with van der Waals surface area (Å²) in [5.74, 6) is -0.357. The zero-order valence-electron chi connectivity index (χ0n) is 12.0. The molecule has 0 radical (unpaired) electrons. The number of carbonyl (C=O) groups is 1. The van der Waals surface area contributed by atoms with Crippen LogP contribution in [0.25, 0.3) is 0 Å². The van der Waals surface area contributed by atoms with Gasteiger partial charge in [0.2, 0.25) is 5.91 Å². The smallest absolute Gasteiger partial charge is 0.241 e. The molecule has 0 heterocycles. The number of anilines is 1. The third-order valence-corrected chi connectivity index (χ3v) is 2.89. The van der Waals surface area contributed by atoms with Crippen molar-refractivity contribution in [2.24, 2.45) is 0 Å². The van der Waals surface area contributed by atoms with E-state index in [0.29, 0.717) is 12.2 Å². The monoisotopic (exact) mass is 267 g/mol. The van der Waals surface area contributed by atoms with Gasteiger partial charge < -0.3 is 15.1 Å². The van der Waals surface area contributed by atoms with E-state index < -0.39 is 0 Å². The Labute approximate surface area is 114 Å². The first-order valence-electron chi connectivity index (χ1n) is 6.36. The lowest BCUT2D eigenvalue weighted by Gasteiger charge is -2.24. The zero-order chi connectivity index (χ0) is 14.4. The van der Waals surface area contributed by atoms with E-state index in [1.54, 1.807) is 32.1 Å². The molecule has 0 saturated heterocycles. The van der Waals surface area contributed by atoms with E-state index in [1.807, 2.05) is 13.0 Å². The molecule has 1 amide bonds. The second-order valence-electron chi connectivity index (χ2n) is 4.67. The fourth-order valence-electron chi connectivity index (χ4n) is 1.81. The number of benzene rings is 1. The number of carbonyl (C=O) groups excluding carboxylic acids is 1. The molecule has 4 nitrogen and oxygen atoms in total. The third kappa shape index (κ3) is 4.21. The molecule has 5 heteroatoms. The Morgan fingerprint density at radius 3 is 2.58 bits per heavy atom. The van der Waals surface area contributed by atoms with Gasteiger partial charge in [0, 0.05) is 27.7 Å². The minimum atomic E-state index is -0.301. The van der Waals surface area contributed by atoms with Crippen LogP contribution in [0.2, 0.25) is 0 Å². The second-order valence-corrected chi connectivity index (χ2v) is 4.67. The van der Waals surface area contributed by atoms with Crippen LogP contribution in [0.5, 0.6) is 0 Å². The summed E-state index contributed by atoms with van der Waals surface area (Å²) in [6.07, 6.45) is 0. The van der Waals surface area contributed by atoms with Crippen molar-refractivity contribution in [2.75, 3.05) is 39.1 Å². The number of para-hydroxylation sites is 1. The molecular formula is C14H22FN3O. The van der Waals surface area contributed by atoms with Crippen LogP contribution >= 0.6 is 0 Å². The normalized spacial score (nSPS) is 10.4. The molecule has 106 valence electrons. The Morgan fingerprint density at radius 2 is 2.00 bits per heavy atom. The van der Waals surface area contributed by atoms with Gasteiger partial charge in [0.15, 0.2) is 0 Å². The van der Waals surface area contributed by atoms with Crippen LogP contribution in [-0.4, -0.2) is 45.0 Å². The molecular weight excluding hydrogens is 245 g/mol. The summed E-state index contributed by atoms with van der Waals surface area (Å²) in [5, 5.41) is 3.17. The molecule has 0 unspecified atom stereocenters. The van der Waals surface area contributed by atoms with Gasteiger partial charge in [-0.3, -0.25) is 4.79 Å². The zero-order valence-corrected chi connectivity index (χ0v) is 12.0. The highest BCUT2D eigenvalue weighted by Crippen LogP contribution is 2.23. The number of amides is 1. The fraction of sp³-hybridized carbons (Fsp3) is 0.500. The van der Waals surface area contributed by atoms with Gasteiger partial charge in [-0.05, 0) is 18.2 Å². The SMILES string of the molecule is CCNCc1cccc(F)c1N(C)CC(=O)N(C)C. The molecule has 0 saturated carbocycles. The summed E-state index contributed by atoms with van der Waals surface area (Å²) in [6.45, 7) is 3.56. The van der Waals surface area contributed by atoms with Crippen molar-refractivity contribution in [1.82, 2.24) is 10.2 Å². The lowest BCUT2D eigenvalue weighted by Crippen LogP contribution is -2.35. The molecule has 1 N–H and O–H groups in total. The van der Waals surface area contributed by atoms with Crippen molar-refractivity contribution in [3.8, 4) is 0 Å². The summed E-state index contributed by atoms with van der Waals surface area (Å²) in [6, 6.07) is 4.98. The predicted molar refractivity (Wildman–Crippen MR) is 75.7 cm³/mol. The van der Waals surface area contributed by atoms with Crippen molar-refractivity contribution >= 4 is 11.6 Å². The number of likely N-dealkylation sites (N-methyl/N-ethyl adjacent to an activating group) is 2. The summed E-state index contributed by atoms with van der Waals surface area (Å²) in [5.41, 5.74) is 1.34. The Bertz CT molecular complexity index is 435. The number of halogens is 1. The van der Waals surface area contributed by atoms with Crippen LogP contribution in [0.15, 0.2) is 18.2 Å². The van der Waals surface area contributed by atoms with Gasteiger partial charge >= 0.3 is 0 Å². The van der Waals surface area contributed by atoms with Crippen LogP contribution in [0.3, 0.4) is 0 Å². The highest BCUT2D eigenvalue weighted by molar-refractivity contribution is 5.81. The summed E-state index contributed by atoms with van der Waals surface area (Å²) < 4.78 is 14.0. The number of hydrogen-bond donors (Lipinski definition) is 1. The topological polar surface area (TPSA) is 35.6 Å². The average molecular weight is 267 g/mol. The molecule has 0 aromatic heterocycles. The van der Waals surface area contributed by atoms with Crippen LogP contribution in [0, 0.1) is 5.82 Å². The highest BCUT2D eigenvalue weighted by atomic mass is 19.1. The Hall–Kier alpha value is -1.62. The van der Waals surface area contributed by atoms with E-state index in [4.69, 9.17) is 0 Å². The van der Waals surface area contributed by atoms with Crippen molar-refractivity contribution in [3.63, 3.8) is 0 Å². The van der Waals surface area contributed by atoms with Gasteiger partial charge in [0.1, 0.15) is 5.82 Å². The first-order chi connectivity index (χ1) is 8.97. The quantitative estimate of drug-likeness (QED) is 0.847. The maximum atomic E-state index is 14.0. The number of hydrogen-bond acceptors (Lipinski definition) is 3. The number of nitrogens with one attached hydrogen (secondary N) is 1. The molecule has 0 bridgehead atoms. The lowest BCUT2D eigenvalue weighted by atomic mass is 10.1. The van der Waals surface area contributed by atoms with Gasteiger partial charge in [-0.1, -0.05) is 19.1 Å². The minimum Gasteiger partial charge on any atom is -0.363 e. The van der Waals surface area contributed by atoms with E-state index in [0.717, 1.165) is 12.1 Å². The van der Waals surface area contributed by atoms with E-state index in [-0.39, 0.29) is 18.3 Å².